The number of carbonyl (C=O) groups is 1. The van der Waals surface area contributed by atoms with Gasteiger partial charge in [-0.25, -0.2) is 4.79 Å². The van der Waals surface area contributed by atoms with Gasteiger partial charge in [-0.05, 0) is 17.5 Å². The average molecular weight is 254 g/mol. The lowest BCUT2D eigenvalue weighted by atomic mass is 10.3. The van der Waals surface area contributed by atoms with Crippen LogP contribution in [0.2, 0.25) is 0 Å². The van der Waals surface area contributed by atoms with Crippen molar-refractivity contribution in [2.45, 2.75) is 4.90 Å². The Labute approximate surface area is 105 Å². The minimum absolute atomic E-state index is 0.389. The number of benzene rings is 1. The summed E-state index contributed by atoms with van der Waals surface area (Å²) in [5.41, 5.74) is 0. The van der Waals surface area contributed by atoms with Crippen molar-refractivity contribution in [1.29, 1.82) is 0 Å². The standard InChI is InChI=1S/C12H14O4S/c1-14-9-5-4-6-10(12(9)16-3)17-8-7-11(13)15-2/h4-8H,1-3H3/b8-7+. The average Bonchev–Trinajstić information content (AvgIpc) is 2.37. The molecule has 17 heavy (non-hydrogen) atoms. The van der Waals surface area contributed by atoms with Crippen LogP contribution in [0.25, 0.3) is 0 Å². The van der Waals surface area contributed by atoms with Crippen LogP contribution in [0.3, 0.4) is 0 Å². The molecule has 5 heteroatoms. The fourth-order valence-corrected chi connectivity index (χ4v) is 1.96. The lowest BCUT2D eigenvalue weighted by Crippen LogP contribution is -1.93. The highest BCUT2D eigenvalue weighted by Crippen LogP contribution is 2.37. The first-order valence-electron chi connectivity index (χ1n) is 4.85. The number of hydrogen-bond acceptors (Lipinski definition) is 5. The fraction of sp³-hybridized carbons (Fsp3) is 0.250. The molecule has 0 aliphatic heterocycles. The van der Waals surface area contributed by atoms with Crippen LogP contribution in [-0.4, -0.2) is 27.3 Å². The van der Waals surface area contributed by atoms with Crippen LogP contribution in [0.15, 0.2) is 34.6 Å². The monoisotopic (exact) mass is 254 g/mol. The van der Waals surface area contributed by atoms with Gasteiger partial charge in [-0.15, -0.1) is 0 Å². The molecule has 0 saturated heterocycles. The van der Waals surface area contributed by atoms with Crippen molar-refractivity contribution in [3.63, 3.8) is 0 Å². The first-order valence-corrected chi connectivity index (χ1v) is 5.73. The second-order valence-electron chi connectivity index (χ2n) is 2.94. The predicted octanol–water partition coefficient (Wildman–Crippen LogP) is 2.48. The summed E-state index contributed by atoms with van der Waals surface area (Å²) in [6.45, 7) is 0. The second-order valence-corrected chi connectivity index (χ2v) is 3.88. The van der Waals surface area contributed by atoms with Crippen LogP contribution < -0.4 is 9.47 Å². The van der Waals surface area contributed by atoms with Crippen molar-refractivity contribution < 1.29 is 19.0 Å². The maximum atomic E-state index is 10.9. The van der Waals surface area contributed by atoms with Crippen LogP contribution >= 0.6 is 11.8 Å². The summed E-state index contributed by atoms with van der Waals surface area (Å²) in [5.74, 6) is 0.915. The largest absolute Gasteiger partial charge is 0.493 e. The van der Waals surface area contributed by atoms with E-state index in [1.807, 2.05) is 18.2 Å². The van der Waals surface area contributed by atoms with Gasteiger partial charge in [-0.1, -0.05) is 17.8 Å². The highest BCUT2D eigenvalue weighted by molar-refractivity contribution is 8.02. The molecular formula is C12H14O4S. The number of para-hydroxylation sites is 1. The third kappa shape index (κ3) is 3.71. The number of carbonyl (C=O) groups excluding carboxylic acids is 1. The van der Waals surface area contributed by atoms with E-state index in [0.717, 1.165) is 4.90 Å². The number of hydrogen-bond donors (Lipinski definition) is 0. The molecule has 0 spiro atoms. The Morgan fingerprint density at radius 2 is 2.00 bits per heavy atom. The quantitative estimate of drug-likeness (QED) is 0.459. The Morgan fingerprint density at radius 1 is 1.24 bits per heavy atom. The SMILES string of the molecule is COC(=O)/C=C/Sc1cccc(OC)c1OC. The maximum Gasteiger partial charge on any atom is 0.330 e. The zero-order chi connectivity index (χ0) is 12.7. The Bertz CT molecular complexity index is 415. The summed E-state index contributed by atoms with van der Waals surface area (Å²) in [6, 6.07) is 5.55. The maximum absolute atomic E-state index is 10.9. The van der Waals surface area contributed by atoms with Gasteiger partial charge in [0.05, 0.1) is 26.2 Å². The first kappa shape index (κ1) is 13.4. The van der Waals surface area contributed by atoms with E-state index in [1.54, 1.807) is 19.6 Å². The minimum atomic E-state index is -0.389. The third-order valence-electron chi connectivity index (χ3n) is 1.97. The Morgan fingerprint density at radius 3 is 2.59 bits per heavy atom. The molecule has 0 aromatic heterocycles. The van der Waals surface area contributed by atoms with Crippen LogP contribution in [0.4, 0.5) is 0 Å². The van der Waals surface area contributed by atoms with Crippen LogP contribution in [0.5, 0.6) is 11.5 Å². The van der Waals surface area contributed by atoms with Crippen molar-refractivity contribution in [3.8, 4) is 11.5 Å². The summed E-state index contributed by atoms with van der Waals surface area (Å²) in [7, 11) is 4.49. The van der Waals surface area contributed by atoms with Gasteiger partial charge in [0.15, 0.2) is 11.5 Å². The normalized spacial score (nSPS) is 10.3. The molecule has 1 rings (SSSR count). The molecule has 0 amide bonds. The summed E-state index contributed by atoms with van der Waals surface area (Å²) in [4.78, 5) is 11.8. The highest BCUT2D eigenvalue weighted by Gasteiger charge is 2.08. The van der Waals surface area contributed by atoms with Crippen LogP contribution in [0, 0.1) is 0 Å². The molecule has 0 unspecified atom stereocenters. The zero-order valence-electron chi connectivity index (χ0n) is 9.93. The van der Waals surface area contributed by atoms with Gasteiger partial charge < -0.3 is 14.2 Å². The van der Waals surface area contributed by atoms with Gasteiger partial charge in [-0.3, -0.25) is 0 Å². The van der Waals surface area contributed by atoms with E-state index >= 15 is 0 Å². The van der Waals surface area contributed by atoms with Crippen molar-refractivity contribution in [1.82, 2.24) is 0 Å². The van der Waals surface area contributed by atoms with Crippen LogP contribution in [0.1, 0.15) is 0 Å². The molecular weight excluding hydrogens is 240 g/mol. The number of esters is 1. The molecule has 0 heterocycles. The van der Waals surface area contributed by atoms with Gasteiger partial charge in [0.1, 0.15) is 0 Å². The molecule has 0 N–H and O–H groups in total. The van der Waals surface area contributed by atoms with Crippen molar-refractivity contribution in [2.24, 2.45) is 0 Å². The molecule has 0 fully saturated rings. The summed E-state index contributed by atoms with van der Waals surface area (Å²) < 4.78 is 14.9. The van der Waals surface area contributed by atoms with Gasteiger partial charge >= 0.3 is 5.97 Å². The number of ether oxygens (including phenoxy) is 3. The molecule has 0 aliphatic carbocycles. The molecule has 92 valence electrons. The molecule has 0 radical (unpaired) electrons. The summed E-state index contributed by atoms with van der Waals surface area (Å²) >= 11 is 1.36. The second kappa shape index (κ2) is 6.85. The van der Waals surface area contributed by atoms with E-state index in [4.69, 9.17) is 9.47 Å². The molecule has 1 aromatic rings. The van der Waals surface area contributed by atoms with E-state index in [0.29, 0.717) is 11.5 Å². The fourth-order valence-electron chi connectivity index (χ4n) is 1.18. The van der Waals surface area contributed by atoms with Gasteiger partial charge in [-0.2, -0.15) is 0 Å². The van der Waals surface area contributed by atoms with Crippen molar-refractivity contribution >= 4 is 17.7 Å². The predicted molar refractivity (Wildman–Crippen MR) is 66.6 cm³/mol. The molecule has 0 aliphatic rings. The number of methoxy groups -OCH3 is 3. The zero-order valence-corrected chi connectivity index (χ0v) is 10.7. The Hall–Kier alpha value is -1.62. The van der Waals surface area contributed by atoms with E-state index in [9.17, 15) is 4.79 Å². The number of thioether (sulfide) groups is 1. The topological polar surface area (TPSA) is 44.8 Å². The van der Waals surface area contributed by atoms with Gasteiger partial charge in [0.2, 0.25) is 0 Å². The highest BCUT2D eigenvalue weighted by atomic mass is 32.2. The van der Waals surface area contributed by atoms with Crippen molar-refractivity contribution in [2.75, 3.05) is 21.3 Å². The van der Waals surface area contributed by atoms with Crippen molar-refractivity contribution in [3.05, 3.63) is 29.7 Å². The van der Waals surface area contributed by atoms with Crippen LogP contribution in [-0.2, 0) is 9.53 Å². The molecule has 1 aromatic carbocycles. The smallest absolute Gasteiger partial charge is 0.330 e. The molecule has 0 saturated carbocycles. The third-order valence-corrected chi connectivity index (χ3v) is 2.81. The Kier molecular flexibility index (Phi) is 5.42. The molecule has 0 atom stereocenters. The lowest BCUT2D eigenvalue weighted by Gasteiger charge is -2.10. The lowest BCUT2D eigenvalue weighted by molar-refractivity contribution is -0.134. The summed E-state index contributed by atoms with van der Waals surface area (Å²) in [6.07, 6.45) is 1.35. The number of rotatable bonds is 5. The first-order chi connectivity index (χ1) is 8.22. The van der Waals surface area contributed by atoms with E-state index in [2.05, 4.69) is 4.74 Å². The summed E-state index contributed by atoms with van der Waals surface area (Å²) in [5, 5.41) is 1.64. The Balaban J connectivity index is 2.84. The minimum Gasteiger partial charge on any atom is -0.493 e. The van der Waals surface area contributed by atoms with E-state index < -0.39 is 0 Å². The van der Waals surface area contributed by atoms with E-state index in [1.165, 1.54) is 24.9 Å². The molecule has 0 bridgehead atoms. The van der Waals surface area contributed by atoms with Gasteiger partial charge in [0.25, 0.3) is 0 Å². The van der Waals surface area contributed by atoms with E-state index in [-0.39, 0.29) is 5.97 Å². The van der Waals surface area contributed by atoms with Gasteiger partial charge in [0, 0.05) is 6.08 Å². The molecule has 4 nitrogen and oxygen atoms in total.